The number of anilines is 2. The normalized spacial score (nSPS) is 11.4. The summed E-state index contributed by atoms with van der Waals surface area (Å²) in [6.45, 7) is 0. The van der Waals surface area contributed by atoms with E-state index in [-0.39, 0.29) is 11.4 Å². The van der Waals surface area contributed by atoms with Crippen LogP contribution in [0.5, 0.6) is 0 Å². The van der Waals surface area contributed by atoms with E-state index in [9.17, 15) is 8.42 Å². The Hall–Kier alpha value is -0.310. The lowest BCUT2D eigenvalue weighted by Gasteiger charge is -2.09. The molecule has 0 spiro atoms. The number of halogens is 2. The van der Waals surface area contributed by atoms with Gasteiger partial charge in [0.1, 0.15) is 0 Å². The lowest BCUT2D eigenvalue weighted by Crippen LogP contribution is -2.22. The summed E-state index contributed by atoms with van der Waals surface area (Å²) in [4.78, 5) is 0. The minimum Gasteiger partial charge on any atom is -0.397 e. The van der Waals surface area contributed by atoms with Crippen molar-refractivity contribution in [2.45, 2.75) is 0 Å². The topological polar surface area (TPSA) is 98.2 Å². The Morgan fingerprint density at radius 1 is 1.29 bits per heavy atom. The fraction of sp³-hybridized carbons (Fsp3) is 0. The first-order chi connectivity index (χ1) is 6.29. The summed E-state index contributed by atoms with van der Waals surface area (Å²) in [7, 11) is -3.81. The van der Waals surface area contributed by atoms with Crippen molar-refractivity contribution in [1.29, 1.82) is 0 Å². The highest BCUT2D eigenvalue weighted by molar-refractivity contribution is 9.11. The van der Waals surface area contributed by atoms with Crippen molar-refractivity contribution in [2.75, 3.05) is 10.5 Å². The number of nitrogens with two attached hydrogens (primary N) is 2. The standard InChI is InChI=1S/C6H7Br2N3O2S/c7-3-1-4(8)6(5(9)2-3)11-14(10,12)13/h1-2,11H,9H2,(H2,10,12,13). The second-order valence-corrected chi connectivity index (χ2v) is 5.56. The maximum atomic E-state index is 10.8. The fourth-order valence-corrected chi connectivity index (χ4v) is 2.84. The van der Waals surface area contributed by atoms with Gasteiger partial charge in [0.05, 0.1) is 11.4 Å². The third-order valence-corrected chi connectivity index (χ3v) is 2.90. The quantitative estimate of drug-likeness (QED) is 0.707. The van der Waals surface area contributed by atoms with E-state index in [1.54, 1.807) is 12.1 Å². The predicted molar refractivity (Wildman–Crippen MR) is 63.0 cm³/mol. The van der Waals surface area contributed by atoms with Crippen LogP contribution in [0.2, 0.25) is 0 Å². The molecule has 0 bridgehead atoms. The summed E-state index contributed by atoms with van der Waals surface area (Å²) < 4.78 is 24.9. The Labute approximate surface area is 98.3 Å². The molecule has 5 nitrogen and oxygen atoms in total. The van der Waals surface area contributed by atoms with E-state index >= 15 is 0 Å². The molecule has 14 heavy (non-hydrogen) atoms. The summed E-state index contributed by atoms with van der Waals surface area (Å²) in [5, 5.41) is 4.82. The van der Waals surface area contributed by atoms with Crippen LogP contribution < -0.4 is 15.6 Å². The first-order valence-electron chi connectivity index (χ1n) is 3.34. The molecule has 0 amide bonds. The number of rotatable bonds is 2. The molecule has 0 fully saturated rings. The second-order valence-electron chi connectivity index (χ2n) is 2.50. The van der Waals surface area contributed by atoms with Crippen molar-refractivity contribution in [2.24, 2.45) is 5.14 Å². The molecule has 0 aliphatic rings. The van der Waals surface area contributed by atoms with E-state index in [2.05, 4.69) is 36.6 Å². The van der Waals surface area contributed by atoms with Gasteiger partial charge in [-0.05, 0) is 28.1 Å². The molecule has 0 aromatic heterocycles. The maximum Gasteiger partial charge on any atom is 0.296 e. The van der Waals surface area contributed by atoms with E-state index in [1.165, 1.54) is 0 Å². The summed E-state index contributed by atoms with van der Waals surface area (Å²) in [6.07, 6.45) is 0. The van der Waals surface area contributed by atoms with Gasteiger partial charge in [0.2, 0.25) is 0 Å². The van der Waals surface area contributed by atoms with Gasteiger partial charge in [0, 0.05) is 8.95 Å². The molecular weight excluding hydrogens is 338 g/mol. The van der Waals surface area contributed by atoms with Gasteiger partial charge in [0.25, 0.3) is 10.2 Å². The van der Waals surface area contributed by atoms with Crippen molar-refractivity contribution < 1.29 is 8.42 Å². The highest BCUT2D eigenvalue weighted by Crippen LogP contribution is 2.32. The molecule has 1 rings (SSSR count). The van der Waals surface area contributed by atoms with Gasteiger partial charge in [-0.25, -0.2) is 5.14 Å². The van der Waals surface area contributed by atoms with E-state index in [0.717, 1.165) is 4.47 Å². The summed E-state index contributed by atoms with van der Waals surface area (Å²) in [5.74, 6) is 0. The van der Waals surface area contributed by atoms with E-state index in [1.807, 2.05) is 0 Å². The average Bonchev–Trinajstić information content (AvgIpc) is 1.95. The Kier molecular flexibility index (Phi) is 3.40. The number of hydrogen-bond acceptors (Lipinski definition) is 3. The minimum atomic E-state index is -3.81. The molecule has 0 heterocycles. The van der Waals surface area contributed by atoms with Crippen LogP contribution in [0.25, 0.3) is 0 Å². The lowest BCUT2D eigenvalue weighted by molar-refractivity contribution is 0.603. The van der Waals surface area contributed by atoms with Crippen molar-refractivity contribution >= 4 is 53.4 Å². The Bertz CT molecular complexity index is 437. The molecule has 0 saturated heterocycles. The van der Waals surface area contributed by atoms with Crippen molar-refractivity contribution in [3.63, 3.8) is 0 Å². The average molecular weight is 345 g/mol. The van der Waals surface area contributed by atoms with Gasteiger partial charge in [-0.1, -0.05) is 15.9 Å². The molecule has 0 aliphatic carbocycles. The largest absolute Gasteiger partial charge is 0.397 e. The van der Waals surface area contributed by atoms with Gasteiger partial charge in [-0.15, -0.1) is 0 Å². The van der Waals surface area contributed by atoms with Crippen LogP contribution in [0.4, 0.5) is 11.4 Å². The van der Waals surface area contributed by atoms with Crippen LogP contribution in [0.1, 0.15) is 0 Å². The van der Waals surface area contributed by atoms with Gasteiger partial charge in [-0.3, -0.25) is 4.72 Å². The highest BCUT2D eigenvalue weighted by Gasteiger charge is 2.10. The molecule has 0 radical (unpaired) electrons. The predicted octanol–water partition coefficient (Wildman–Crippen LogP) is 1.41. The van der Waals surface area contributed by atoms with Crippen LogP contribution in [-0.2, 0) is 10.2 Å². The highest BCUT2D eigenvalue weighted by atomic mass is 79.9. The Balaban J connectivity index is 3.22. The number of nitrogens with one attached hydrogen (secondary N) is 1. The van der Waals surface area contributed by atoms with E-state index < -0.39 is 10.2 Å². The number of nitrogen functional groups attached to an aromatic ring is 1. The van der Waals surface area contributed by atoms with Gasteiger partial charge in [0.15, 0.2) is 0 Å². The number of hydrogen-bond donors (Lipinski definition) is 3. The molecule has 78 valence electrons. The zero-order chi connectivity index (χ0) is 10.9. The molecule has 0 unspecified atom stereocenters. The Morgan fingerprint density at radius 3 is 2.29 bits per heavy atom. The third-order valence-electron chi connectivity index (χ3n) is 1.33. The zero-order valence-electron chi connectivity index (χ0n) is 6.79. The van der Waals surface area contributed by atoms with Crippen LogP contribution in [-0.4, -0.2) is 8.42 Å². The van der Waals surface area contributed by atoms with Gasteiger partial charge < -0.3 is 5.73 Å². The third kappa shape index (κ3) is 3.12. The van der Waals surface area contributed by atoms with Gasteiger partial charge >= 0.3 is 0 Å². The molecule has 1 aromatic carbocycles. The van der Waals surface area contributed by atoms with E-state index in [0.29, 0.717) is 4.47 Å². The second kappa shape index (κ2) is 4.05. The van der Waals surface area contributed by atoms with Crippen LogP contribution in [0.15, 0.2) is 21.1 Å². The van der Waals surface area contributed by atoms with Gasteiger partial charge in [-0.2, -0.15) is 8.42 Å². The molecule has 8 heteroatoms. The van der Waals surface area contributed by atoms with E-state index in [4.69, 9.17) is 10.9 Å². The van der Waals surface area contributed by atoms with Crippen molar-refractivity contribution in [3.05, 3.63) is 21.1 Å². The zero-order valence-corrected chi connectivity index (χ0v) is 10.8. The summed E-state index contributed by atoms with van der Waals surface area (Å²) in [6, 6.07) is 3.22. The summed E-state index contributed by atoms with van der Waals surface area (Å²) >= 11 is 6.37. The molecular formula is C6H7Br2N3O2S. The first-order valence-corrected chi connectivity index (χ1v) is 6.48. The fourth-order valence-electron chi connectivity index (χ4n) is 0.843. The van der Waals surface area contributed by atoms with Crippen LogP contribution in [0, 0.1) is 0 Å². The van der Waals surface area contributed by atoms with Crippen LogP contribution in [0.3, 0.4) is 0 Å². The van der Waals surface area contributed by atoms with Crippen LogP contribution >= 0.6 is 31.9 Å². The smallest absolute Gasteiger partial charge is 0.296 e. The molecule has 0 saturated carbocycles. The van der Waals surface area contributed by atoms with Crippen molar-refractivity contribution in [1.82, 2.24) is 0 Å². The SMILES string of the molecule is Nc1cc(Br)cc(Br)c1NS(N)(=O)=O. The molecule has 0 aliphatic heterocycles. The summed E-state index contributed by atoms with van der Waals surface area (Å²) in [5.41, 5.74) is 6.10. The molecule has 0 atom stereocenters. The lowest BCUT2D eigenvalue weighted by atomic mass is 10.3. The minimum absolute atomic E-state index is 0.232. The monoisotopic (exact) mass is 343 g/mol. The molecule has 5 N–H and O–H groups in total. The maximum absolute atomic E-state index is 10.8. The Morgan fingerprint density at radius 2 is 1.86 bits per heavy atom. The molecule has 1 aromatic rings. The first kappa shape index (κ1) is 11.8. The van der Waals surface area contributed by atoms with Crippen molar-refractivity contribution in [3.8, 4) is 0 Å². The number of benzene rings is 1.